The van der Waals surface area contributed by atoms with E-state index in [-0.39, 0.29) is 0 Å². The van der Waals surface area contributed by atoms with Gasteiger partial charge in [-0.25, -0.2) is 13.4 Å². The summed E-state index contributed by atoms with van der Waals surface area (Å²) in [6.07, 6.45) is 6.64. The number of rotatable bonds is 8. The Kier molecular flexibility index (Phi) is 7.51. The lowest BCUT2D eigenvalue weighted by Gasteiger charge is -2.30. The second-order valence-electron chi connectivity index (χ2n) is 9.90. The van der Waals surface area contributed by atoms with Crippen molar-refractivity contribution in [2.24, 2.45) is 5.92 Å². The second-order valence-corrected chi connectivity index (χ2v) is 12.8. The summed E-state index contributed by atoms with van der Waals surface area (Å²) < 4.78 is 41.9. The molecule has 2 heterocycles. The van der Waals surface area contributed by atoms with Crippen LogP contribution >= 0.6 is 11.8 Å². The summed E-state index contributed by atoms with van der Waals surface area (Å²) >= 11 is 1.66. The summed E-state index contributed by atoms with van der Waals surface area (Å²) in [6, 6.07) is 11.8. The van der Waals surface area contributed by atoms with Gasteiger partial charge in [-0.05, 0) is 55.9 Å². The van der Waals surface area contributed by atoms with Crippen molar-refractivity contribution in [2.75, 3.05) is 27.3 Å². The third kappa shape index (κ3) is 4.85. The summed E-state index contributed by atoms with van der Waals surface area (Å²) in [5, 5.41) is 0.919. The molecule has 0 radical (unpaired) electrons. The van der Waals surface area contributed by atoms with Crippen molar-refractivity contribution in [1.29, 1.82) is 0 Å². The molecule has 9 heteroatoms. The second kappa shape index (κ2) is 10.6. The molecule has 2 aliphatic rings. The molecule has 2 aromatic carbocycles. The quantitative estimate of drug-likeness (QED) is 0.339. The van der Waals surface area contributed by atoms with Crippen LogP contribution in [0, 0.1) is 5.92 Å². The first-order chi connectivity index (χ1) is 17.4. The molecular weight excluding hydrogens is 494 g/mol. The number of piperidine rings is 1. The standard InChI is InChI=1S/C27H35N3O4S2/c1-19-8-7-15-29(17-19)36(31,32)22-13-14-24-23(16-22)28-27(30(24)21-10-4-5-11-21)35-18-20-9-6-12-25(33-2)26(20)34-3/h6,9,12-14,16,19,21H,4-5,7-8,10-11,15,17-18H2,1-3H3. The van der Waals surface area contributed by atoms with Crippen molar-refractivity contribution in [2.45, 2.75) is 67.3 Å². The van der Waals surface area contributed by atoms with Crippen LogP contribution in [-0.2, 0) is 15.8 Å². The van der Waals surface area contributed by atoms with Crippen LogP contribution in [-0.4, -0.2) is 49.6 Å². The van der Waals surface area contributed by atoms with Gasteiger partial charge in [0.15, 0.2) is 16.7 Å². The monoisotopic (exact) mass is 529 g/mol. The average molecular weight is 530 g/mol. The van der Waals surface area contributed by atoms with Crippen LogP contribution in [0.5, 0.6) is 11.5 Å². The van der Waals surface area contributed by atoms with E-state index < -0.39 is 10.0 Å². The minimum absolute atomic E-state index is 0.339. The maximum absolute atomic E-state index is 13.4. The zero-order valence-corrected chi connectivity index (χ0v) is 22.9. The van der Waals surface area contributed by atoms with Crippen molar-refractivity contribution in [3.05, 3.63) is 42.0 Å². The van der Waals surface area contributed by atoms with E-state index in [0.29, 0.717) is 41.4 Å². The van der Waals surface area contributed by atoms with Gasteiger partial charge in [0, 0.05) is 30.4 Å². The lowest BCUT2D eigenvalue weighted by atomic mass is 10.0. The number of sulfonamides is 1. The van der Waals surface area contributed by atoms with Gasteiger partial charge in [-0.15, -0.1) is 0 Å². The molecule has 194 valence electrons. The molecule has 1 saturated carbocycles. The van der Waals surface area contributed by atoms with Crippen LogP contribution in [0.4, 0.5) is 0 Å². The largest absolute Gasteiger partial charge is 0.493 e. The molecular formula is C27H35N3O4S2. The Hall–Kier alpha value is -2.23. The van der Waals surface area contributed by atoms with Crippen LogP contribution in [0.1, 0.15) is 57.1 Å². The minimum atomic E-state index is -3.53. The van der Waals surface area contributed by atoms with E-state index in [2.05, 4.69) is 11.5 Å². The van der Waals surface area contributed by atoms with Crippen LogP contribution in [0.25, 0.3) is 11.0 Å². The van der Waals surface area contributed by atoms with E-state index in [1.165, 1.54) is 12.8 Å². The zero-order chi connectivity index (χ0) is 25.3. The molecule has 1 aromatic heterocycles. The zero-order valence-electron chi connectivity index (χ0n) is 21.3. The third-order valence-electron chi connectivity index (χ3n) is 7.42. The number of nitrogens with zero attached hydrogens (tertiary/aromatic N) is 3. The predicted molar refractivity (Wildman–Crippen MR) is 144 cm³/mol. The Morgan fingerprint density at radius 3 is 2.58 bits per heavy atom. The minimum Gasteiger partial charge on any atom is -0.493 e. The summed E-state index contributed by atoms with van der Waals surface area (Å²) in [6.45, 7) is 3.29. The average Bonchev–Trinajstić information content (AvgIpc) is 3.54. The summed E-state index contributed by atoms with van der Waals surface area (Å²) in [7, 11) is -0.233. The number of aromatic nitrogens is 2. The number of imidazole rings is 1. The maximum atomic E-state index is 13.4. The normalized spacial score (nSPS) is 19.7. The van der Waals surface area contributed by atoms with Gasteiger partial charge in [-0.1, -0.05) is 43.7 Å². The summed E-state index contributed by atoms with van der Waals surface area (Å²) in [5.74, 6) is 2.50. The lowest BCUT2D eigenvalue weighted by Crippen LogP contribution is -2.39. The fourth-order valence-corrected chi connectivity index (χ4v) is 8.24. The van der Waals surface area contributed by atoms with Gasteiger partial charge in [0.05, 0.1) is 30.1 Å². The molecule has 3 aromatic rings. The number of fused-ring (bicyclic) bond motifs is 1. The number of para-hydroxylation sites is 1. The lowest BCUT2D eigenvalue weighted by molar-refractivity contribution is 0.281. The highest BCUT2D eigenvalue weighted by molar-refractivity contribution is 7.98. The first kappa shape index (κ1) is 25.4. The van der Waals surface area contributed by atoms with Gasteiger partial charge < -0.3 is 14.0 Å². The van der Waals surface area contributed by atoms with Gasteiger partial charge in [0.2, 0.25) is 10.0 Å². The van der Waals surface area contributed by atoms with Crippen molar-refractivity contribution in [1.82, 2.24) is 13.9 Å². The van der Waals surface area contributed by atoms with E-state index in [9.17, 15) is 8.42 Å². The molecule has 0 amide bonds. The van der Waals surface area contributed by atoms with E-state index in [1.807, 2.05) is 24.3 Å². The van der Waals surface area contributed by atoms with Crippen molar-refractivity contribution >= 4 is 32.8 Å². The van der Waals surface area contributed by atoms with E-state index >= 15 is 0 Å². The molecule has 5 rings (SSSR count). The van der Waals surface area contributed by atoms with Crippen LogP contribution in [0.15, 0.2) is 46.5 Å². The molecule has 1 atom stereocenters. The fraction of sp³-hybridized carbons (Fsp3) is 0.519. The fourth-order valence-electron chi connectivity index (χ4n) is 5.56. The smallest absolute Gasteiger partial charge is 0.243 e. The maximum Gasteiger partial charge on any atom is 0.243 e. The molecule has 1 aliphatic heterocycles. The SMILES string of the molecule is COc1cccc(CSc2nc3cc(S(=O)(=O)N4CCCC(C)C4)ccc3n2C2CCCC2)c1OC. The van der Waals surface area contributed by atoms with Crippen LogP contribution < -0.4 is 9.47 Å². The van der Waals surface area contributed by atoms with E-state index in [1.54, 1.807) is 42.4 Å². The van der Waals surface area contributed by atoms with Crippen molar-refractivity contribution < 1.29 is 17.9 Å². The number of benzene rings is 2. The first-order valence-corrected chi connectivity index (χ1v) is 15.2. The molecule has 36 heavy (non-hydrogen) atoms. The number of hydrogen-bond acceptors (Lipinski definition) is 6. The molecule has 7 nitrogen and oxygen atoms in total. The van der Waals surface area contributed by atoms with Gasteiger partial charge in [0.25, 0.3) is 0 Å². The number of ether oxygens (including phenoxy) is 2. The third-order valence-corrected chi connectivity index (χ3v) is 10.3. The highest BCUT2D eigenvalue weighted by Crippen LogP contribution is 2.40. The van der Waals surface area contributed by atoms with E-state index in [4.69, 9.17) is 14.5 Å². The van der Waals surface area contributed by atoms with Gasteiger partial charge in [-0.2, -0.15) is 4.31 Å². The number of thioether (sulfide) groups is 1. The highest BCUT2D eigenvalue weighted by atomic mass is 32.2. The molecule has 1 aliphatic carbocycles. The van der Waals surface area contributed by atoms with Gasteiger partial charge in [0.1, 0.15) is 0 Å². The van der Waals surface area contributed by atoms with Crippen molar-refractivity contribution in [3.8, 4) is 11.5 Å². The van der Waals surface area contributed by atoms with Crippen LogP contribution in [0.2, 0.25) is 0 Å². The molecule has 0 bridgehead atoms. The Balaban J connectivity index is 1.50. The highest BCUT2D eigenvalue weighted by Gasteiger charge is 2.30. The van der Waals surface area contributed by atoms with Crippen molar-refractivity contribution in [3.63, 3.8) is 0 Å². The first-order valence-electron chi connectivity index (χ1n) is 12.8. The van der Waals surface area contributed by atoms with Gasteiger partial charge in [-0.3, -0.25) is 0 Å². The Morgan fingerprint density at radius 2 is 1.86 bits per heavy atom. The molecule has 0 N–H and O–H groups in total. The molecule has 1 saturated heterocycles. The summed E-state index contributed by atoms with van der Waals surface area (Å²) in [4.78, 5) is 5.31. The Labute approximate surface area is 218 Å². The number of hydrogen-bond donors (Lipinski definition) is 0. The van der Waals surface area contributed by atoms with Crippen LogP contribution in [0.3, 0.4) is 0 Å². The number of methoxy groups -OCH3 is 2. The molecule has 0 spiro atoms. The summed E-state index contributed by atoms with van der Waals surface area (Å²) in [5.41, 5.74) is 2.79. The van der Waals surface area contributed by atoms with Gasteiger partial charge >= 0.3 is 0 Å². The predicted octanol–water partition coefficient (Wildman–Crippen LogP) is 5.88. The molecule has 1 unspecified atom stereocenters. The Morgan fingerprint density at radius 1 is 1.06 bits per heavy atom. The molecule has 2 fully saturated rings. The Bertz CT molecular complexity index is 1330. The topological polar surface area (TPSA) is 73.7 Å². The van der Waals surface area contributed by atoms with E-state index in [0.717, 1.165) is 53.2 Å².